The predicted molar refractivity (Wildman–Crippen MR) is 91.5 cm³/mol. The fourth-order valence-corrected chi connectivity index (χ4v) is 2.16. The summed E-state index contributed by atoms with van der Waals surface area (Å²) in [4.78, 5) is 16.7. The van der Waals surface area contributed by atoms with Crippen LogP contribution in [0.2, 0.25) is 0 Å². The molecule has 0 fully saturated rings. The molecule has 3 aromatic rings. The van der Waals surface area contributed by atoms with Crippen LogP contribution in [0.5, 0.6) is 0 Å². The van der Waals surface area contributed by atoms with Crippen LogP contribution in [0.15, 0.2) is 42.7 Å². The van der Waals surface area contributed by atoms with Gasteiger partial charge in [0.1, 0.15) is 5.82 Å². The Hall–Kier alpha value is -3.22. The van der Waals surface area contributed by atoms with Crippen molar-refractivity contribution in [3.63, 3.8) is 0 Å². The van der Waals surface area contributed by atoms with E-state index >= 15 is 0 Å². The Morgan fingerprint density at radius 2 is 1.78 bits per heavy atom. The van der Waals surface area contributed by atoms with Crippen molar-refractivity contribution in [3.8, 4) is 11.3 Å². The molecular weight excluding hydrogens is 290 g/mol. The van der Waals surface area contributed by atoms with Crippen LogP contribution in [0, 0.1) is 6.92 Å². The number of benzene rings is 1. The standard InChI is InChI=1S/C16H17N7/c1-10-9-20-15(17)23-14(10)11-3-5-12(6-4-11)21-13-7-8-19-16(18-2)22-13/h3-9H,1-2H3,(H2,17,20,23)(H2,18,19,21,22). The molecule has 0 aliphatic rings. The third kappa shape index (κ3) is 3.34. The highest BCUT2D eigenvalue weighted by Gasteiger charge is 2.06. The van der Waals surface area contributed by atoms with E-state index in [-0.39, 0.29) is 5.95 Å². The smallest absolute Gasteiger partial charge is 0.224 e. The first kappa shape index (κ1) is 14.7. The van der Waals surface area contributed by atoms with Gasteiger partial charge in [-0.3, -0.25) is 0 Å². The number of aryl methyl sites for hydroxylation is 1. The molecule has 0 saturated heterocycles. The molecule has 0 radical (unpaired) electrons. The van der Waals surface area contributed by atoms with Crippen LogP contribution in [0.1, 0.15) is 5.56 Å². The van der Waals surface area contributed by atoms with Crippen LogP contribution < -0.4 is 16.4 Å². The van der Waals surface area contributed by atoms with Crippen LogP contribution in [0.4, 0.5) is 23.4 Å². The largest absolute Gasteiger partial charge is 0.368 e. The summed E-state index contributed by atoms with van der Waals surface area (Å²) < 4.78 is 0. The monoisotopic (exact) mass is 307 g/mol. The molecule has 23 heavy (non-hydrogen) atoms. The fraction of sp³-hybridized carbons (Fsp3) is 0.125. The number of aromatic nitrogens is 4. The lowest BCUT2D eigenvalue weighted by Crippen LogP contribution is -2.00. The van der Waals surface area contributed by atoms with Crippen LogP contribution in [0.3, 0.4) is 0 Å². The van der Waals surface area contributed by atoms with Gasteiger partial charge in [-0.1, -0.05) is 12.1 Å². The van der Waals surface area contributed by atoms with E-state index in [0.29, 0.717) is 5.95 Å². The van der Waals surface area contributed by atoms with Crippen LogP contribution in [-0.2, 0) is 0 Å². The molecule has 7 nitrogen and oxygen atoms in total. The summed E-state index contributed by atoms with van der Waals surface area (Å²) in [5.41, 5.74) is 9.40. The molecule has 4 N–H and O–H groups in total. The van der Waals surface area contributed by atoms with E-state index in [1.807, 2.05) is 37.3 Å². The van der Waals surface area contributed by atoms with E-state index in [4.69, 9.17) is 5.73 Å². The van der Waals surface area contributed by atoms with E-state index in [1.54, 1.807) is 19.4 Å². The molecule has 0 saturated carbocycles. The van der Waals surface area contributed by atoms with Gasteiger partial charge in [0.05, 0.1) is 5.69 Å². The number of hydrogen-bond donors (Lipinski definition) is 3. The van der Waals surface area contributed by atoms with Crippen molar-refractivity contribution in [1.82, 2.24) is 19.9 Å². The summed E-state index contributed by atoms with van der Waals surface area (Å²) in [6.07, 6.45) is 3.42. The quantitative estimate of drug-likeness (QED) is 0.681. The lowest BCUT2D eigenvalue weighted by molar-refractivity contribution is 1.15. The first-order valence-electron chi connectivity index (χ1n) is 7.13. The van der Waals surface area contributed by atoms with Crippen LogP contribution >= 0.6 is 0 Å². The van der Waals surface area contributed by atoms with Gasteiger partial charge in [0.25, 0.3) is 0 Å². The number of hydrogen-bond acceptors (Lipinski definition) is 7. The minimum Gasteiger partial charge on any atom is -0.368 e. The lowest BCUT2D eigenvalue weighted by atomic mass is 10.1. The first-order valence-corrected chi connectivity index (χ1v) is 7.13. The summed E-state index contributed by atoms with van der Waals surface area (Å²) in [5, 5.41) is 6.14. The lowest BCUT2D eigenvalue weighted by Gasteiger charge is -2.09. The van der Waals surface area contributed by atoms with Crippen molar-refractivity contribution in [2.45, 2.75) is 6.92 Å². The molecule has 0 aliphatic carbocycles. The molecule has 0 atom stereocenters. The average molecular weight is 307 g/mol. The van der Waals surface area contributed by atoms with Crippen LogP contribution in [-0.4, -0.2) is 27.0 Å². The number of nitrogens with two attached hydrogens (primary N) is 1. The Balaban J connectivity index is 1.83. The normalized spacial score (nSPS) is 10.3. The van der Waals surface area contributed by atoms with E-state index in [9.17, 15) is 0 Å². The molecule has 0 amide bonds. The van der Waals surface area contributed by atoms with Crippen molar-refractivity contribution >= 4 is 23.4 Å². The zero-order valence-corrected chi connectivity index (χ0v) is 12.9. The van der Waals surface area contributed by atoms with Gasteiger partial charge in [0.15, 0.2) is 0 Å². The molecule has 0 unspecified atom stereocenters. The summed E-state index contributed by atoms with van der Waals surface area (Å²) in [5.74, 6) is 1.56. The highest BCUT2D eigenvalue weighted by molar-refractivity contribution is 5.67. The van der Waals surface area contributed by atoms with Crippen molar-refractivity contribution in [1.29, 1.82) is 0 Å². The molecule has 0 bridgehead atoms. The maximum atomic E-state index is 5.67. The first-order chi connectivity index (χ1) is 11.2. The minimum absolute atomic E-state index is 0.272. The molecule has 2 aromatic heterocycles. The summed E-state index contributed by atoms with van der Waals surface area (Å²) in [7, 11) is 1.78. The van der Waals surface area contributed by atoms with Gasteiger partial charge < -0.3 is 16.4 Å². The van der Waals surface area contributed by atoms with Crippen molar-refractivity contribution < 1.29 is 0 Å². The van der Waals surface area contributed by atoms with Gasteiger partial charge in [-0.25, -0.2) is 15.0 Å². The Morgan fingerprint density at radius 3 is 2.52 bits per heavy atom. The Morgan fingerprint density at radius 1 is 1.00 bits per heavy atom. The predicted octanol–water partition coefficient (Wildman–Crippen LogP) is 2.61. The topological polar surface area (TPSA) is 102 Å². The maximum Gasteiger partial charge on any atom is 0.224 e. The van der Waals surface area contributed by atoms with Gasteiger partial charge >= 0.3 is 0 Å². The molecule has 1 aromatic carbocycles. The average Bonchev–Trinajstić information content (AvgIpc) is 2.58. The van der Waals surface area contributed by atoms with Crippen molar-refractivity contribution in [2.24, 2.45) is 0 Å². The van der Waals surface area contributed by atoms with E-state index < -0.39 is 0 Å². The van der Waals surface area contributed by atoms with Crippen LogP contribution in [0.25, 0.3) is 11.3 Å². The second-order valence-corrected chi connectivity index (χ2v) is 4.98. The third-order valence-corrected chi connectivity index (χ3v) is 3.30. The second-order valence-electron chi connectivity index (χ2n) is 4.98. The molecule has 2 heterocycles. The number of nitrogens with zero attached hydrogens (tertiary/aromatic N) is 4. The van der Waals surface area contributed by atoms with Gasteiger partial charge in [-0.15, -0.1) is 0 Å². The Bertz CT molecular complexity index is 815. The SMILES string of the molecule is CNc1nccc(Nc2ccc(-c3nc(N)ncc3C)cc2)n1. The maximum absolute atomic E-state index is 5.67. The number of rotatable bonds is 4. The number of anilines is 4. The summed E-state index contributed by atoms with van der Waals surface area (Å²) >= 11 is 0. The summed E-state index contributed by atoms with van der Waals surface area (Å²) in [6.45, 7) is 1.96. The third-order valence-electron chi connectivity index (χ3n) is 3.30. The molecule has 3 rings (SSSR count). The van der Waals surface area contributed by atoms with E-state index in [0.717, 1.165) is 28.3 Å². The van der Waals surface area contributed by atoms with Crippen molar-refractivity contribution in [2.75, 3.05) is 23.4 Å². The van der Waals surface area contributed by atoms with Gasteiger partial charge in [-0.2, -0.15) is 4.98 Å². The molecule has 0 aliphatic heterocycles. The van der Waals surface area contributed by atoms with Crippen molar-refractivity contribution in [3.05, 3.63) is 48.3 Å². The fourth-order valence-electron chi connectivity index (χ4n) is 2.16. The Kier molecular flexibility index (Phi) is 4.01. The number of nitrogen functional groups attached to an aromatic ring is 1. The highest BCUT2D eigenvalue weighted by Crippen LogP contribution is 2.24. The molecular formula is C16H17N7. The molecule has 116 valence electrons. The van der Waals surface area contributed by atoms with E-state index in [1.165, 1.54) is 0 Å². The minimum atomic E-state index is 0.272. The molecule has 7 heteroatoms. The zero-order chi connectivity index (χ0) is 16.2. The molecule has 0 spiro atoms. The highest BCUT2D eigenvalue weighted by atomic mass is 15.1. The van der Waals surface area contributed by atoms with E-state index in [2.05, 4.69) is 30.6 Å². The second kappa shape index (κ2) is 6.27. The van der Waals surface area contributed by atoms with Gasteiger partial charge in [-0.05, 0) is 30.7 Å². The van der Waals surface area contributed by atoms with Gasteiger partial charge in [0, 0.05) is 30.7 Å². The van der Waals surface area contributed by atoms with Gasteiger partial charge in [0.2, 0.25) is 11.9 Å². The summed E-state index contributed by atoms with van der Waals surface area (Å²) in [6, 6.07) is 9.71. The Labute approximate surface area is 134 Å². The zero-order valence-electron chi connectivity index (χ0n) is 12.9. The number of nitrogens with one attached hydrogen (secondary N) is 2.